The summed E-state index contributed by atoms with van der Waals surface area (Å²) < 4.78 is 5.46. The van der Waals surface area contributed by atoms with E-state index in [9.17, 15) is 9.90 Å². The average Bonchev–Trinajstić information content (AvgIpc) is 3.09. The van der Waals surface area contributed by atoms with Gasteiger partial charge < -0.3 is 20.5 Å². The molecule has 5 nitrogen and oxygen atoms in total. The second-order valence-corrected chi connectivity index (χ2v) is 6.43. The monoisotopic (exact) mass is 348 g/mol. The van der Waals surface area contributed by atoms with Crippen LogP contribution in [0.25, 0.3) is 0 Å². The lowest BCUT2D eigenvalue weighted by Crippen LogP contribution is -2.38. The molecule has 1 aromatic carbocycles. The summed E-state index contributed by atoms with van der Waals surface area (Å²) in [4.78, 5) is 13.4. The lowest BCUT2D eigenvalue weighted by molar-refractivity contribution is -0.121. The standard InChI is InChI=1S/C18H24N2O3S/c1-3-23-17-7-6-15(11-14(17)12-21)20-13(2)18(22)19-9-8-16-5-4-10-24-16/h4-7,10-11,13,20-21H,3,8-9,12H2,1-2H3,(H,19,22)/t13-/m1/s1. The smallest absolute Gasteiger partial charge is 0.242 e. The number of aliphatic hydroxyl groups is 1. The van der Waals surface area contributed by atoms with Crippen molar-refractivity contribution < 1.29 is 14.6 Å². The fraction of sp³-hybridized carbons (Fsp3) is 0.389. The highest BCUT2D eigenvalue weighted by Crippen LogP contribution is 2.23. The summed E-state index contributed by atoms with van der Waals surface area (Å²) in [5.41, 5.74) is 1.48. The molecule has 1 atom stereocenters. The second-order valence-electron chi connectivity index (χ2n) is 5.40. The van der Waals surface area contributed by atoms with Crippen LogP contribution < -0.4 is 15.4 Å². The third kappa shape index (κ3) is 5.25. The van der Waals surface area contributed by atoms with E-state index in [2.05, 4.69) is 16.7 Å². The maximum atomic E-state index is 12.2. The van der Waals surface area contributed by atoms with Gasteiger partial charge in [0.2, 0.25) is 5.91 Å². The summed E-state index contributed by atoms with van der Waals surface area (Å²) in [5.74, 6) is 0.615. The van der Waals surface area contributed by atoms with Gasteiger partial charge in [-0.3, -0.25) is 4.79 Å². The topological polar surface area (TPSA) is 70.6 Å². The maximum Gasteiger partial charge on any atom is 0.242 e. The average molecular weight is 348 g/mol. The highest BCUT2D eigenvalue weighted by Gasteiger charge is 2.13. The number of carbonyl (C=O) groups excluding carboxylic acids is 1. The van der Waals surface area contributed by atoms with Crippen molar-refractivity contribution in [2.45, 2.75) is 32.9 Å². The molecule has 1 heterocycles. The van der Waals surface area contributed by atoms with Crippen molar-refractivity contribution >= 4 is 22.9 Å². The molecule has 2 rings (SSSR count). The summed E-state index contributed by atoms with van der Waals surface area (Å²) in [6, 6.07) is 9.17. The normalized spacial score (nSPS) is 11.8. The van der Waals surface area contributed by atoms with E-state index < -0.39 is 0 Å². The Labute approximate surface area is 146 Å². The number of hydrogen-bond acceptors (Lipinski definition) is 5. The summed E-state index contributed by atoms with van der Waals surface area (Å²) in [6.45, 7) is 4.77. The van der Waals surface area contributed by atoms with Crippen LogP contribution in [0.3, 0.4) is 0 Å². The van der Waals surface area contributed by atoms with E-state index in [-0.39, 0.29) is 18.6 Å². The Kier molecular flexibility index (Phi) is 7.08. The number of thiophene rings is 1. The van der Waals surface area contributed by atoms with Gasteiger partial charge in [0.05, 0.1) is 13.2 Å². The highest BCUT2D eigenvalue weighted by atomic mass is 32.1. The van der Waals surface area contributed by atoms with Crippen LogP contribution in [0.2, 0.25) is 0 Å². The highest BCUT2D eigenvalue weighted by molar-refractivity contribution is 7.09. The molecule has 1 aromatic heterocycles. The van der Waals surface area contributed by atoms with Gasteiger partial charge in [0, 0.05) is 22.7 Å². The van der Waals surface area contributed by atoms with Gasteiger partial charge in [-0.2, -0.15) is 0 Å². The Bertz CT molecular complexity index is 644. The molecule has 130 valence electrons. The Balaban J connectivity index is 1.86. The zero-order chi connectivity index (χ0) is 17.4. The van der Waals surface area contributed by atoms with E-state index in [1.54, 1.807) is 23.5 Å². The zero-order valence-electron chi connectivity index (χ0n) is 14.0. The molecule has 0 fully saturated rings. The van der Waals surface area contributed by atoms with Gasteiger partial charge >= 0.3 is 0 Å². The molecule has 24 heavy (non-hydrogen) atoms. The molecule has 0 aliphatic carbocycles. The molecule has 0 spiro atoms. The SMILES string of the molecule is CCOc1ccc(N[C@H](C)C(=O)NCCc2cccs2)cc1CO. The van der Waals surface area contributed by atoms with Crippen molar-refractivity contribution in [1.29, 1.82) is 0 Å². The van der Waals surface area contributed by atoms with E-state index in [4.69, 9.17) is 4.74 Å². The predicted molar refractivity (Wildman–Crippen MR) is 97.7 cm³/mol. The fourth-order valence-electron chi connectivity index (χ4n) is 2.32. The molecule has 0 saturated heterocycles. The van der Waals surface area contributed by atoms with E-state index in [1.165, 1.54) is 4.88 Å². The van der Waals surface area contributed by atoms with Gasteiger partial charge in [-0.15, -0.1) is 11.3 Å². The van der Waals surface area contributed by atoms with E-state index in [0.29, 0.717) is 24.5 Å². The summed E-state index contributed by atoms with van der Waals surface area (Å²) >= 11 is 1.69. The lowest BCUT2D eigenvalue weighted by Gasteiger charge is -2.17. The van der Waals surface area contributed by atoms with Gasteiger partial charge in [0.25, 0.3) is 0 Å². The fourth-order valence-corrected chi connectivity index (χ4v) is 3.03. The first-order chi connectivity index (χ1) is 11.6. The van der Waals surface area contributed by atoms with Gasteiger partial charge in [0.1, 0.15) is 11.8 Å². The van der Waals surface area contributed by atoms with Crippen LogP contribution >= 0.6 is 11.3 Å². The molecule has 0 radical (unpaired) electrons. The molecular formula is C18H24N2O3S. The zero-order valence-corrected chi connectivity index (χ0v) is 14.9. The summed E-state index contributed by atoms with van der Waals surface area (Å²) in [7, 11) is 0. The molecule has 0 aliphatic rings. The van der Waals surface area contributed by atoms with Gasteiger partial charge in [0.15, 0.2) is 0 Å². The number of amides is 1. The lowest BCUT2D eigenvalue weighted by atomic mass is 10.1. The van der Waals surface area contributed by atoms with Crippen LogP contribution in [0, 0.1) is 0 Å². The van der Waals surface area contributed by atoms with Crippen LogP contribution in [0.4, 0.5) is 5.69 Å². The van der Waals surface area contributed by atoms with Crippen LogP contribution in [-0.4, -0.2) is 30.2 Å². The van der Waals surface area contributed by atoms with Crippen molar-refractivity contribution in [3.05, 3.63) is 46.2 Å². The molecule has 2 aromatic rings. The van der Waals surface area contributed by atoms with Crippen molar-refractivity contribution in [3.63, 3.8) is 0 Å². The Morgan fingerprint density at radius 3 is 2.88 bits per heavy atom. The molecule has 3 N–H and O–H groups in total. The molecule has 0 saturated carbocycles. The van der Waals surface area contributed by atoms with E-state index >= 15 is 0 Å². The van der Waals surface area contributed by atoms with Gasteiger partial charge in [-0.1, -0.05) is 6.07 Å². The number of hydrogen-bond donors (Lipinski definition) is 3. The van der Waals surface area contributed by atoms with Crippen molar-refractivity contribution in [2.24, 2.45) is 0 Å². The minimum atomic E-state index is -0.363. The van der Waals surface area contributed by atoms with Crippen LogP contribution in [-0.2, 0) is 17.8 Å². The number of aliphatic hydroxyl groups excluding tert-OH is 1. The van der Waals surface area contributed by atoms with Gasteiger partial charge in [-0.25, -0.2) is 0 Å². The molecule has 0 aliphatic heterocycles. The Hall–Kier alpha value is -2.05. The summed E-state index contributed by atoms with van der Waals surface area (Å²) in [6.07, 6.45) is 0.841. The summed E-state index contributed by atoms with van der Waals surface area (Å²) in [5, 5.41) is 17.6. The molecule has 0 unspecified atom stereocenters. The van der Waals surface area contributed by atoms with Gasteiger partial charge in [-0.05, 0) is 49.9 Å². The molecule has 1 amide bonds. The predicted octanol–water partition coefficient (Wildman–Crippen LogP) is 2.80. The number of rotatable bonds is 9. The number of carbonyl (C=O) groups is 1. The second kappa shape index (κ2) is 9.30. The Morgan fingerprint density at radius 2 is 2.21 bits per heavy atom. The van der Waals surface area contributed by atoms with E-state index in [1.807, 2.05) is 31.4 Å². The third-order valence-corrected chi connectivity index (χ3v) is 4.49. The number of anilines is 1. The van der Waals surface area contributed by atoms with Crippen molar-refractivity contribution in [2.75, 3.05) is 18.5 Å². The molecule has 0 bridgehead atoms. The number of ether oxygens (including phenoxy) is 1. The molecule has 6 heteroatoms. The number of nitrogens with one attached hydrogen (secondary N) is 2. The first kappa shape index (κ1) is 18.3. The first-order valence-corrected chi connectivity index (χ1v) is 8.95. The van der Waals surface area contributed by atoms with E-state index in [0.717, 1.165) is 12.1 Å². The Morgan fingerprint density at radius 1 is 1.38 bits per heavy atom. The third-order valence-electron chi connectivity index (χ3n) is 3.56. The quantitative estimate of drug-likeness (QED) is 0.652. The van der Waals surface area contributed by atoms with Crippen LogP contribution in [0.1, 0.15) is 24.3 Å². The minimum Gasteiger partial charge on any atom is -0.494 e. The maximum absolute atomic E-state index is 12.2. The molecular weight excluding hydrogens is 324 g/mol. The largest absolute Gasteiger partial charge is 0.494 e. The first-order valence-electron chi connectivity index (χ1n) is 8.07. The minimum absolute atomic E-state index is 0.0500. The van der Waals surface area contributed by atoms with Crippen LogP contribution in [0.5, 0.6) is 5.75 Å². The van der Waals surface area contributed by atoms with Crippen molar-refractivity contribution in [1.82, 2.24) is 5.32 Å². The number of benzene rings is 1. The van der Waals surface area contributed by atoms with Crippen molar-refractivity contribution in [3.8, 4) is 5.75 Å². The van der Waals surface area contributed by atoms with Crippen LogP contribution in [0.15, 0.2) is 35.7 Å².